The Balaban J connectivity index is 1.48. The molecule has 26 heavy (non-hydrogen) atoms. The zero-order chi connectivity index (χ0) is 18.7. The minimum atomic E-state index is -0.757. The predicted octanol–water partition coefficient (Wildman–Crippen LogP) is 2.08. The van der Waals surface area contributed by atoms with Gasteiger partial charge in [-0.25, -0.2) is 4.79 Å². The molecule has 0 spiro atoms. The van der Waals surface area contributed by atoms with E-state index >= 15 is 0 Å². The molecule has 0 radical (unpaired) electrons. The maximum absolute atomic E-state index is 12.1. The summed E-state index contributed by atoms with van der Waals surface area (Å²) in [5.74, 6) is -0.00484. The highest BCUT2D eigenvalue weighted by molar-refractivity contribution is 6.06. The second-order valence-electron chi connectivity index (χ2n) is 7.57. The fourth-order valence-electron chi connectivity index (χ4n) is 3.76. The maximum atomic E-state index is 12.1. The zero-order valence-electron chi connectivity index (χ0n) is 15.8. The van der Waals surface area contributed by atoms with Crippen LogP contribution in [0.2, 0.25) is 0 Å². The highest BCUT2D eigenvalue weighted by Gasteiger charge is 2.48. The van der Waals surface area contributed by atoms with Gasteiger partial charge in [-0.3, -0.25) is 15.0 Å². The summed E-state index contributed by atoms with van der Waals surface area (Å²) >= 11 is 0. The molecule has 0 aliphatic carbocycles. The van der Waals surface area contributed by atoms with E-state index in [-0.39, 0.29) is 17.9 Å². The van der Waals surface area contributed by atoms with E-state index in [1.807, 2.05) is 21.0 Å². The lowest BCUT2D eigenvalue weighted by atomic mass is 9.79. The Morgan fingerprint density at radius 3 is 2.38 bits per heavy atom. The van der Waals surface area contributed by atoms with Gasteiger partial charge in [-0.05, 0) is 56.5 Å². The van der Waals surface area contributed by atoms with Gasteiger partial charge in [-0.1, -0.05) is 24.3 Å². The molecule has 3 amide bonds. The fourth-order valence-corrected chi connectivity index (χ4v) is 3.76. The second-order valence-corrected chi connectivity index (χ2v) is 7.57. The summed E-state index contributed by atoms with van der Waals surface area (Å²) in [6, 6.07) is 8.11. The minimum Gasteiger partial charge on any atom is -0.378 e. The number of urea groups is 1. The third-order valence-corrected chi connectivity index (χ3v) is 5.56. The summed E-state index contributed by atoms with van der Waals surface area (Å²) in [6.45, 7) is 4.61. The third-order valence-electron chi connectivity index (χ3n) is 5.56. The summed E-state index contributed by atoms with van der Waals surface area (Å²) in [6.07, 6.45) is 6.17. The zero-order valence-corrected chi connectivity index (χ0v) is 15.8. The van der Waals surface area contributed by atoms with Crippen molar-refractivity contribution in [1.82, 2.24) is 15.5 Å². The van der Waals surface area contributed by atoms with E-state index in [2.05, 4.69) is 56.9 Å². The van der Waals surface area contributed by atoms with Gasteiger partial charge in [0.2, 0.25) is 0 Å². The van der Waals surface area contributed by atoms with E-state index in [1.165, 1.54) is 11.3 Å². The Kier molecular flexibility index (Phi) is 5.32. The molecular formula is C20H28N4O2. The molecular weight excluding hydrogens is 328 g/mol. The topological polar surface area (TPSA) is 64.7 Å². The molecule has 0 saturated carbocycles. The lowest BCUT2D eigenvalue weighted by molar-refractivity contribution is -0.125. The van der Waals surface area contributed by atoms with Gasteiger partial charge in [-0.2, -0.15) is 0 Å². The fraction of sp³-hybridized carbons (Fsp3) is 0.500. The van der Waals surface area contributed by atoms with Gasteiger partial charge in [0.15, 0.2) is 0 Å². The molecule has 2 N–H and O–H groups in total. The molecule has 0 aromatic heterocycles. The molecule has 0 bridgehead atoms. The predicted molar refractivity (Wildman–Crippen MR) is 104 cm³/mol. The highest BCUT2D eigenvalue weighted by Crippen LogP contribution is 2.30. The molecule has 140 valence electrons. The van der Waals surface area contributed by atoms with Crippen LogP contribution in [0.15, 0.2) is 30.3 Å². The van der Waals surface area contributed by atoms with Gasteiger partial charge in [-0.15, -0.1) is 0 Å². The molecule has 3 rings (SSSR count). The van der Waals surface area contributed by atoms with Gasteiger partial charge in [0.25, 0.3) is 5.91 Å². The molecule has 6 heteroatoms. The maximum Gasteiger partial charge on any atom is 0.322 e. The number of imide groups is 1. The number of benzene rings is 1. The second kappa shape index (κ2) is 7.50. The van der Waals surface area contributed by atoms with Crippen LogP contribution >= 0.6 is 0 Å². The van der Waals surface area contributed by atoms with Gasteiger partial charge >= 0.3 is 6.03 Å². The Hall–Kier alpha value is -2.34. The number of hydrogen-bond donors (Lipinski definition) is 2. The van der Waals surface area contributed by atoms with Gasteiger partial charge < -0.3 is 10.2 Å². The normalized spacial score (nSPS) is 24.7. The number of nitrogens with one attached hydrogen (secondary N) is 2. The Bertz CT molecular complexity index is 690. The van der Waals surface area contributed by atoms with E-state index < -0.39 is 5.54 Å². The average molecular weight is 356 g/mol. The molecule has 1 aromatic carbocycles. The van der Waals surface area contributed by atoms with Crippen molar-refractivity contribution >= 4 is 23.7 Å². The van der Waals surface area contributed by atoms with Gasteiger partial charge in [0, 0.05) is 26.3 Å². The SMILES string of the molecule is CN(C)c1ccc(/C=C/CN2CCC([C@]3(C)NC(=O)NC3=O)CC2)cc1. The largest absolute Gasteiger partial charge is 0.378 e. The van der Waals surface area contributed by atoms with E-state index in [4.69, 9.17) is 0 Å². The number of amides is 3. The van der Waals surface area contributed by atoms with Crippen molar-refractivity contribution in [3.8, 4) is 0 Å². The van der Waals surface area contributed by atoms with Crippen molar-refractivity contribution in [2.75, 3.05) is 38.6 Å². The Morgan fingerprint density at radius 1 is 1.19 bits per heavy atom. The molecule has 2 aliphatic rings. The highest BCUT2D eigenvalue weighted by atomic mass is 16.2. The summed E-state index contributed by atoms with van der Waals surface area (Å²) < 4.78 is 0. The van der Waals surface area contributed by atoms with Crippen LogP contribution < -0.4 is 15.5 Å². The van der Waals surface area contributed by atoms with E-state index in [1.54, 1.807) is 0 Å². The van der Waals surface area contributed by atoms with Crippen molar-refractivity contribution in [3.63, 3.8) is 0 Å². The van der Waals surface area contributed by atoms with E-state index in [0.717, 1.165) is 32.5 Å². The quantitative estimate of drug-likeness (QED) is 0.793. The molecule has 1 aromatic rings. The lowest BCUT2D eigenvalue weighted by Crippen LogP contribution is -2.53. The lowest BCUT2D eigenvalue weighted by Gasteiger charge is -2.38. The smallest absolute Gasteiger partial charge is 0.322 e. The first-order chi connectivity index (χ1) is 12.4. The Morgan fingerprint density at radius 2 is 1.85 bits per heavy atom. The molecule has 1 atom stereocenters. The molecule has 2 heterocycles. The van der Waals surface area contributed by atoms with Crippen LogP contribution in [0.25, 0.3) is 6.08 Å². The summed E-state index contributed by atoms with van der Waals surface area (Å²) in [7, 11) is 4.07. The van der Waals surface area contributed by atoms with Crippen molar-refractivity contribution in [2.24, 2.45) is 5.92 Å². The van der Waals surface area contributed by atoms with Crippen molar-refractivity contribution in [3.05, 3.63) is 35.9 Å². The third kappa shape index (κ3) is 3.90. The van der Waals surface area contributed by atoms with Crippen LogP contribution in [0.5, 0.6) is 0 Å². The molecule has 6 nitrogen and oxygen atoms in total. The first-order valence-electron chi connectivity index (χ1n) is 9.18. The van der Waals surface area contributed by atoms with E-state index in [9.17, 15) is 9.59 Å². The molecule has 2 aliphatic heterocycles. The number of nitrogens with zero attached hydrogens (tertiary/aromatic N) is 2. The van der Waals surface area contributed by atoms with Gasteiger partial charge in [0.1, 0.15) is 5.54 Å². The van der Waals surface area contributed by atoms with Crippen molar-refractivity contribution in [1.29, 1.82) is 0 Å². The number of hydrogen-bond acceptors (Lipinski definition) is 4. The summed E-state index contributed by atoms with van der Waals surface area (Å²) in [5, 5.41) is 5.17. The van der Waals surface area contributed by atoms with Crippen LogP contribution in [-0.4, -0.2) is 56.1 Å². The van der Waals surface area contributed by atoms with Crippen molar-refractivity contribution < 1.29 is 9.59 Å². The number of carbonyl (C=O) groups is 2. The van der Waals surface area contributed by atoms with Gasteiger partial charge in [0.05, 0.1) is 0 Å². The van der Waals surface area contributed by atoms with Crippen LogP contribution in [0.4, 0.5) is 10.5 Å². The van der Waals surface area contributed by atoms with Crippen LogP contribution in [-0.2, 0) is 4.79 Å². The molecule has 2 fully saturated rings. The molecule has 0 unspecified atom stereocenters. The summed E-state index contributed by atoms with van der Waals surface area (Å²) in [5.41, 5.74) is 1.64. The number of carbonyl (C=O) groups excluding carboxylic acids is 2. The monoisotopic (exact) mass is 356 g/mol. The number of likely N-dealkylation sites (tertiary alicyclic amines) is 1. The Labute approximate surface area is 155 Å². The number of piperidine rings is 1. The summed E-state index contributed by atoms with van der Waals surface area (Å²) in [4.78, 5) is 28.0. The average Bonchev–Trinajstić information content (AvgIpc) is 2.89. The first kappa shape index (κ1) is 18.5. The van der Waals surface area contributed by atoms with Crippen LogP contribution in [0, 0.1) is 5.92 Å². The van der Waals surface area contributed by atoms with E-state index in [0.29, 0.717) is 0 Å². The first-order valence-corrected chi connectivity index (χ1v) is 9.18. The van der Waals surface area contributed by atoms with Crippen LogP contribution in [0.1, 0.15) is 25.3 Å². The number of rotatable bonds is 5. The van der Waals surface area contributed by atoms with Crippen LogP contribution in [0.3, 0.4) is 0 Å². The minimum absolute atomic E-state index is 0.188. The number of anilines is 1. The molecule has 2 saturated heterocycles. The standard InChI is InChI=1S/C20H28N4O2/c1-20(18(25)21-19(26)22-20)16-10-13-24(14-11-16)12-4-5-15-6-8-17(9-7-15)23(2)3/h4-9,16H,10-14H2,1-3H3,(H2,21,22,25,26)/b5-4+/t20-/m0/s1. The van der Waals surface area contributed by atoms with Crippen molar-refractivity contribution in [2.45, 2.75) is 25.3 Å².